The Morgan fingerprint density at radius 2 is 1.92 bits per heavy atom. The van der Waals surface area contributed by atoms with Crippen LogP contribution in [0.25, 0.3) is 22.2 Å². The predicted molar refractivity (Wildman–Crippen MR) is 144 cm³/mol. The van der Waals surface area contributed by atoms with Gasteiger partial charge >= 0.3 is 0 Å². The molecule has 0 bridgehead atoms. The Labute approximate surface area is 212 Å². The first kappa shape index (κ1) is 24.0. The molecule has 0 aliphatic heterocycles. The zero-order chi connectivity index (χ0) is 24.9. The molecule has 0 saturated heterocycles. The minimum Gasteiger partial charge on any atom is -0.370 e. The van der Waals surface area contributed by atoms with Crippen molar-refractivity contribution in [2.24, 2.45) is 0 Å². The zero-order valence-electron chi connectivity index (χ0n) is 21.2. The molecule has 0 spiro atoms. The van der Waals surface area contributed by atoms with E-state index in [1.165, 1.54) is 18.2 Å². The Kier molecular flexibility index (Phi) is 7.26. The lowest BCUT2D eigenvalue weighted by molar-refractivity contribution is -0.132. The highest BCUT2D eigenvalue weighted by molar-refractivity contribution is 5.90. The van der Waals surface area contributed by atoms with Gasteiger partial charge in [-0.15, -0.1) is 0 Å². The molecule has 2 heterocycles. The molecular formula is C29H34N6O. The van der Waals surface area contributed by atoms with Gasteiger partial charge in [-0.2, -0.15) is 5.10 Å². The van der Waals surface area contributed by atoms with Gasteiger partial charge in [-0.1, -0.05) is 55.3 Å². The number of pyridine rings is 1. The maximum absolute atomic E-state index is 13.6. The first-order valence-corrected chi connectivity index (χ1v) is 13.0. The van der Waals surface area contributed by atoms with E-state index in [1.807, 2.05) is 48.9 Å². The highest BCUT2D eigenvalue weighted by atomic mass is 16.2. The topological polar surface area (TPSA) is 75.9 Å². The number of carbonyl (C=O) groups is 1. The molecule has 186 valence electrons. The third-order valence-electron chi connectivity index (χ3n) is 7.09. The van der Waals surface area contributed by atoms with E-state index in [4.69, 9.17) is 10.1 Å². The summed E-state index contributed by atoms with van der Waals surface area (Å²) in [5, 5.41) is 10.3. The number of nitrogens with one attached hydrogen (secondary N) is 1. The van der Waals surface area contributed by atoms with Crippen molar-refractivity contribution in [3.63, 3.8) is 0 Å². The number of hydrogen-bond donors (Lipinski definition) is 1. The molecule has 7 nitrogen and oxygen atoms in total. The van der Waals surface area contributed by atoms with Crippen molar-refractivity contribution in [1.29, 1.82) is 0 Å². The molecule has 36 heavy (non-hydrogen) atoms. The summed E-state index contributed by atoms with van der Waals surface area (Å²) in [5.41, 5.74) is 2.02. The second kappa shape index (κ2) is 10.9. The van der Waals surface area contributed by atoms with Crippen LogP contribution in [0.3, 0.4) is 0 Å². The maximum Gasteiger partial charge on any atom is 0.227 e. The highest BCUT2D eigenvalue weighted by Gasteiger charge is 2.27. The van der Waals surface area contributed by atoms with Crippen molar-refractivity contribution in [3.8, 4) is 11.4 Å². The predicted octanol–water partition coefficient (Wildman–Crippen LogP) is 5.25. The molecule has 0 unspecified atom stereocenters. The molecule has 2 aromatic carbocycles. The van der Waals surface area contributed by atoms with Gasteiger partial charge in [0, 0.05) is 30.9 Å². The van der Waals surface area contributed by atoms with Crippen molar-refractivity contribution < 1.29 is 4.79 Å². The zero-order valence-corrected chi connectivity index (χ0v) is 21.2. The van der Waals surface area contributed by atoms with Crippen LogP contribution in [0.15, 0.2) is 60.8 Å². The fraction of sp³-hybridized carbons (Fsp3) is 0.379. The van der Waals surface area contributed by atoms with Gasteiger partial charge in [-0.25, -0.2) is 14.6 Å². The van der Waals surface area contributed by atoms with E-state index >= 15 is 0 Å². The van der Waals surface area contributed by atoms with E-state index in [9.17, 15) is 4.79 Å². The van der Waals surface area contributed by atoms with Crippen LogP contribution in [0.2, 0.25) is 0 Å². The molecule has 5 rings (SSSR count). The molecule has 0 radical (unpaired) electrons. The summed E-state index contributed by atoms with van der Waals surface area (Å²) in [7, 11) is 0. The summed E-state index contributed by atoms with van der Waals surface area (Å²) in [5.74, 6) is 2.54. The number of aromatic nitrogens is 4. The third-order valence-corrected chi connectivity index (χ3v) is 7.09. The van der Waals surface area contributed by atoms with Crippen LogP contribution in [0.5, 0.6) is 0 Å². The molecule has 1 saturated carbocycles. The number of nitrogens with zero attached hydrogens (tertiary/aromatic N) is 5. The van der Waals surface area contributed by atoms with Gasteiger partial charge in [0.1, 0.15) is 11.6 Å². The summed E-state index contributed by atoms with van der Waals surface area (Å²) >= 11 is 0. The van der Waals surface area contributed by atoms with Crippen LogP contribution >= 0.6 is 0 Å². The standard InChI is InChI=1S/C29H34N6O/c1-3-30-27-19-24(15-16-31-27)29-32-21(2)35(33-29)18-17-34(25-12-5-6-13-25)28(36)20-23-11-8-10-22-9-4-7-14-26(22)23/h4,7-11,14-16,19,25H,3,5-6,12-13,17-18,20H2,1-2H3,(H,30,31). The van der Waals surface area contributed by atoms with Crippen LogP contribution in [-0.2, 0) is 17.8 Å². The lowest BCUT2D eigenvalue weighted by Gasteiger charge is -2.29. The molecule has 7 heteroatoms. The number of amides is 1. The summed E-state index contributed by atoms with van der Waals surface area (Å²) in [6.07, 6.45) is 6.72. The Balaban J connectivity index is 1.33. The number of carbonyl (C=O) groups excluding carboxylic acids is 1. The van der Waals surface area contributed by atoms with Crippen LogP contribution < -0.4 is 5.32 Å². The van der Waals surface area contributed by atoms with E-state index in [0.717, 1.165) is 47.5 Å². The Bertz CT molecular complexity index is 1340. The van der Waals surface area contributed by atoms with Crippen molar-refractivity contribution >= 4 is 22.5 Å². The number of rotatable bonds is 9. The average Bonchev–Trinajstić information content (AvgIpc) is 3.55. The minimum absolute atomic E-state index is 0.195. The van der Waals surface area contributed by atoms with Crippen molar-refractivity contribution in [2.45, 2.75) is 58.5 Å². The van der Waals surface area contributed by atoms with Crippen LogP contribution in [0.1, 0.15) is 44.0 Å². The SMILES string of the molecule is CCNc1cc(-c2nc(C)n(CCN(C(=O)Cc3cccc4ccccc34)C3CCCC3)n2)ccn1. The van der Waals surface area contributed by atoms with E-state index in [1.54, 1.807) is 6.20 Å². The van der Waals surface area contributed by atoms with E-state index in [0.29, 0.717) is 31.4 Å². The lowest BCUT2D eigenvalue weighted by Crippen LogP contribution is -2.42. The monoisotopic (exact) mass is 482 g/mol. The van der Waals surface area contributed by atoms with Crippen molar-refractivity contribution in [2.75, 3.05) is 18.4 Å². The summed E-state index contributed by atoms with van der Waals surface area (Å²) in [6.45, 7) is 6.09. The number of hydrogen-bond acceptors (Lipinski definition) is 5. The number of aryl methyl sites for hydroxylation is 1. The van der Waals surface area contributed by atoms with Crippen LogP contribution in [0, 0.1) is 6.92 Å². The second-order valence-corrected chi connectivity index (χ2v) is 9.51. The second-order valence-electron chi connectivity index (χ2n) is 9.51. The van der Waals surface area contributed by atoms with Crippen molar-refractivity contribution in [1.82, 2.24) is 24.6 Å². The maximum atomic E-state index is 13.6. The van der Waals surface area contributed by atoms with Gasteiger partial charge < -0.3 is 10.2 Å². The van der Waals surface area contributed by atoms with Gasteiger partial charge in [0.25, 0.3) is 0 Å². The van der Waals surface area contributed by atoms with Gasteiger partial charge in [0.05, 0.1) is 13.0 Å². The number of benzene rings is 2. The van der Waals surface area contributed by atoms with Gasteiger partial charge in [0.2, 0.25) is 5.91 Å². The first-order chi connectivity index (χ1) is 17.6. The van der Waals surface area contributed by atoms with Gasteiger partial charge in [-0.05, 0) is 55.2 Å². The van der Waals surface area contributed by atoms with E-state index in [-0.39, 0.29) is 5.91 Å². The summed E-state index contributed by atoms with van der Waals surface area (Å²) in [4.78, 5) is 24.8. The molecule has 1 aliphatic rings. The van der Waals surface area contributed by atoms with E-state index < -0.39 is 0 Å². The number of anilines is 1. The lowest BCUT2D eigenvalue weighted by atomic mass is 10.0. The van der Waals surface area contributed by atoms with E-state index in [2.05, 4.69) is 39.5 Å². The Morgan fingerprint density at radius 3 is 2.75 bits per heavy atom. The Hall–Kier alpha value is -3.74. The largest absolute Gasteiger partial charge is 0.370 e. The molecule has 1 N–H and O–H groups in total. The smallest absolute Gasteiger partial charge is 0.227 e. The first-order valence-electron chi connectivity index (χ1n) is 13.0. The molecule has 0 atom stereocenters. The normalized spacial score (nSPS) is 13.8. The minimum atomic E-state index is 0.195. The van der Waals surface area contributed by atoms with Gasteiger partial charge in [0.15, 0.2) is 5.82 Å². The summed E-state index contributed by atoms with van der Waals surface area (Å²) in [6, 6.07) is 18.7. The molecular weight excluding hydrogens is 448 g/mol. The molecule has 1 amide bonds. The third kappa shape index (κ3) is 5.25. The van der Waals surface area contributed by atoms with Crippen LogP contribution in [0.4, 0.5) is 5.82 Å². The Morgan fingerprint density at radius 1 is 1.11 bits per heavy atom. The summed E-state index contributed by atoms with van der Waals surface area (Å²) < 4.78 is 1.93. The fourth-order valence-electron chi connectivity index (χ4n) is 5.24. The fourth-order valence-corrected chi connectivity index (χ4v) is 5.24. The quantitative estimate of drug-likeness (QED) is 0.353. The molecule has 4 aromatic rings. The average molecular weight is 483 g/mol. The number of fused-ring (bicyclic) bond motifs is 1. The van der Waals surface area contributed by atoms with Crippen molar-refractivity contribution in [3.05, 3.63) is 72.2 Å². The highest BCUT2D eigenvalue weighted by Crippen LogP contribution is 2.26. The van der Waals surface area contributed by atoms with Crippen LogP contribution in [-0.4, -0.2) is 49.7 Å². The van der Waals surface area contributed by atoms with Gasteiger partial charge in [-0.3, -0.25) is 4.79 Å². The molecule has 1 aliphatic carbocycles. The molecule has 1 fully saturated rings. The molecule has 2 aromatic heterocycles.